The second-order valence-electron chi connectivity index (χ2n) is 4.04. The second-order valence-corrected chi connectivity index (χ2v) is 4.47. The van der Waals surface area contributed by atoms with Gasteiger partial charge in [0.2, 0.25) is 0 Å². The van der Waals surface area contributed by atoms with Crippen molar-refractivity contribution in [2.75, 3.05) is 6.54 Å². The molecule has 1 aromatic rings. The van der Waals surface area contributed by atoms with Crippen LogP contribution >= 0.6 is 11.6 Å². The molecular weight excluding hydrogens is 210 g/mol. The van der Waals surface area contributed by atoms with Crippen LogP contribution in [0.15, 0.2) is 24.3 Å². The first-order chi connectivity index (χ1) is 7.29. The summed E-state index contributed by atoms with van der Waals surface area (Å²) in [6.45, 7) is 0.720. The third-order valence-corrected chi connectivity index (χ3v) is 3.25. The Hall–Kier alpha value is -0.730. The zero-order chi connectivity index (χ0) is 10.7. The van der Waals surface area contributed by atoms with Crippen molar-refractivity contribution in [3.8, 4) is 5.75 Å². The average molecular weight is 226 g/mol. The van der Waals surface area contributed by atoms with E-state index in [0.717, 1.165) is 23.7 Å². The second kappa shape index (κ2) is 4.86. The van der Waals surface area contributed by atoms with Crippen LogP contribution in [0.2, 0.25) is 5.02 Å². The molecule has 0 heterocycles. The highest BCUT2D eigenvalue weighted by Crippen LogP contribution is 2.29. The number of hydrogen-bond acceptors (Lipinski definition) is 2. The van der Waals surface area contributed by atoms with Crippen molar-refractivity contribution in [1.82, 2.24) is 0 Å². The first-order valence-corrected chi connectivity index (χ1v) is 5.79. The van der Waals surface area contributed by atoms with Crippen LogP contribution < -0.4 is 10.5 Å². The van der Waals surface area contributed by atoms with E-state index in [1.165, 1.54) is 12.8 Å². The van der Waals surface area contributed by atoms with Gasteiger partial charge in [-0.25, -0.2) is 0 Å². The number of hydrogen-bond donors (Lipinski definition) is 1. The van der Waals surface area contributed by atoms with Gasteiger partial charge in [0.1, 0.15) is 11.9 Å². The Kier molecular flexibility index (Phi) is 3.49. The van der Waals surface area contributed by atoms with Crippen LogP contribution in [0, 0.1) is 5.92 Å². The van der Waals surface area contributed by atoms with Gasteiger partial charge in [-0.2, -0.15) is 0 Å². The molecule has 0 amide bonds. The van der Waals surface area contributed by atoms with Crippen molar-refractivity contribution < 1.29 is 4.74 Å². The first-order valence-electron chi connectivity index (χ1n) is 5.42. The topological polar surface area (TPSA) is 35.2 Å². The summed E-state index contributed by atoms with van der Waals surface area (Å²) in [5, 5.41) is 0.740. The number of rotatable bonds is 3. The van der Waals surface area contributed by atoms with E-state index in [2.05, 4.69) is 0 Å². The van der Waals surface area contributed by atoms with Crippen LogP contribution in [0.3, 0.4) is 0 Å². The van der Waals surface area contributed by atoms with Gasteiger partial charge in [0, 0.05) is 10.9 Å². The van der Waals surface area contributed by atoms with Gasteiger partial charge in [0.05, 0.1) is 0 Å². The first kappa shape index (κ1) is 10.8. The molecule has 1 aliphatic rings. The molecule has 2 unspecified atom stereocenters. The maximum Gasteiger partial charge on any atom is 0.119 e. The molecule has 1 aliphatic carbocycles. The van der Waals surface area contributed by atoms with Crippen molar-refractivity contribution in [1.29, 1.82) is 0 Å². The number of nitrogens with two attached hydrogens (primary N) is 1. The highest BCUT2D eigenvalue weighted by molar-refractivity contribution is 6.30. The van der Waals surface area contributed by atoms with E-state index in [0.29, 0.717) is 5.92 Å². The fourth-order valence-electron chi connectivity index (χ4n) is 2.12. The normalized spacial score (nSPS) is 25.5. The summed E-state index contributed by atoms with van der Waals surface area (Å²) in [7, 11) is 0. The number of ether oxygens (including phenoxy) is 1. The minimum atomic E-state index is 0.288. The molecule has 0 radical (unpaired) electrons. The van der Waals surface area contributed by atoms with Gasteiger partial charge in [0.25, 0.3) is 0 Å². The van der Waals surface area contributed by atoms with Crippen molar-refractivity contribution in [2.24, 2.45) is 11.7 Å². The largest absolute Gasteiger partial charge is 0.490 e. The minimum absolute atomic E-state index is 0.288. The highest BCUT2D eigenvalue weighted by Gasteiger charge is 2.27. The summed E-state index contributed by atoms with van der Waals surface area (Å²) in [6, 6.07) is 7.52. The van der Waals surface area contributed by atoms with Crippen LogP contribution in [-0.4, -0.2) is 12.6 Å². The molecule has 3 heteroatoms. The van der Waals surface area contributed by atoms with Crippen molar-refractivity contribution in [3.63, 3.8) is 0 Å². The molecule has 0 aliphatic heterocycles. The van der Waals surface area contributed by atoms with Crippen molar-refractivity contribution in [2.45, 2.75) is 25.4 Å². The lowest BCUT2D eigenvalue weighted by atomic mass is 10.1. The van der Waals surface area contributed by atoms with Gasteiger partial charge in [-0.3, -0.25) is 0 Å². The molecular formula is C12H16ClNO. The Morgan fingerprint density at radius 2 is 2.00 bits per heavy atom. The van der Waals surface area contributed by atoms with E-state index in [1.54, 1.807) is 0 Å². The molecule has 1 aromatic carbocycles. The van der Waals surface area contributed by atoms with E-state index in [9.17, 15) is 0 Å². The Balaban J connectivity index is 1.99. The lowest BCUT2D eigenvalue weighted by Crippen LogP contribution is -2.27. The summed E-state index contributed by atoms with van der Waals surface area (Å²) < 4.78 is 5.90. The van der Waals surface area contributed by atoms with Crippen LogP contribution in [0.4, 0.5) is 0 Å². The van der Waals surface area contributed by atoms with Crippen LogP contribution in [0.1, 0.15) is 19.3 Å². The Bertz CT molecular complexity index is 312. The lowest BCUT2D eigenvalue weighted by Gasteiger charge is -2.19. The highest BCUT2D eigenvalue weighted by atomic mass is 35.5. The molecule has 0 bridgehead atoms. The zero-order valence-electron chi connectivity index (χ0n) is 8.66. The van der Waals surface area contributed by atoms with Gasteiger partial charge in [-0.05, 0) is 50.1 Å². The maximum absolute atomic E-state index is 5.90. The molecule has 2 nitrogen and oxygen atoms in total. The third-order valence-electron chi connectivity index (χ3n) is 2.99. The molecule has 2 N–H and O–H groups in total. The maximum atomic E-state index is 5.90. The van der Waals surface area contributed by atoms with Gasteiger partial charge in [-0.15, -0.1) is 0 Å². The molecule has 2 atom stereocenters. The van der Waals surface area contributed by atoms with E-state index in [4.69, 9.17) is 22.1 Å². The van der Waals surface area contributed by atoms with E-state index < -0.39 is 0 Å². The monoisotopic (exact) mass is 225 g/mol. The molecule has 2 rings (SSSR count). The van der Waals surface area contributed by atoms with Crippen molar-refractivity contribution in [3.05, 3.63) is 29.3 Å². The number of halogens is 1. The molecule has 1 fully saturated rings. The summed E-state index contributed by atoms with van der Waals surface area (Å²) in [4.78, 5) is 0. The fourth-order valence-corrected chi connectivity index (χ4v) is 2.24. The summed E-state index contributed by atoms with van der Waals surface area (Å²) in [5.41, 5.74) is 5.70. The Morgan fingerprint density at radius 3 is 2.67 bits per heavy atom. The Labute approximate surface area is 95.4 Å². The van der Waals surface area contributed by atoms with Gasteiger partial charge in [0.15, 0.2) is 0 Å². The predicted molar refractivity (Wildman–Crippen MR) is 62.3 cm³/mol. The predicted octanol–water partition coefficient (Wildman–Crippen LogP) is 2.85. The summed E-state index contributed by atoms with van der Waals surface area (Å²) in [6.07, 6.45) is 3.82. The smallest absolute Gasteiger partial charge is 0.119 e. The molecule has 15 heavy (non-hydrogen) atoms. The quantitative estimate of drug-likeness (QED) is 0.859. The minimum Gasteiger partial charge on any atom is -0.490 e. The molecule has 1 saturated carbocycles. The SMILES string of the molecule is NCC1CCCC1Oc1ccc(Cl)cc1. The molecule has 0 saturated heterocycles. The van der Waals surface area contributed by atoms with E-state index in [1.807, 2.05) is 24.3 Å². The zero-order valence-corrected chi connectivity index (χ0v) is 9.41. The van der Waals surface area contributed by atoms with Crippen molar-refractivity contribution >= 4 is 11.6 Å². The van der Waals surface area contributed by atoms with Crippen LogP contribution in [-0.2, 0) is 0 Å². The van der Waals surface area contributed by atoms with Gasteiger partial charge < -0.3 is 10.5 Å². The van der Waals surface area contributed by atoms with Gasteiger partial charge in [-0.1, -0.05) is 11.6 Å². The third kappa shape index (κ3) is 2.64. The molecule has 82 valence electrons. The van der Waals surface area contributed by atoms with E-state index in [-0.39, 0.29) is 6.10 Å². The number of benzene rings is 1. The van der Waals surface area contributed by atoms with Gasteiger partial charge >= 0.3 is 0 Å². The fraction of sp³-hybridized carbons (Fsp3) is 0.500. The standard InChI is InChI=1S/C12H16ClNO/c13-10-4-6-11(7-5-10)15-12-3-1-2-9(12)8-14/h4-7,9,12H,1-3,8,14H2. The lowest BCUT2D eigenvalue weighted by molar-refractivity contribution is 0.162. The van der Waals surface area contributed by atoms with E-state index >= 15 is 0 Å². The summed E-state index contributed by atoms with van der Waals surface area (Å²) >= 11 is 5.81. The molecule has 0 aromatic heterocycles. The summed E-state index contributed by atoms with van der Waals surface area (Å²) in [5.74, 6) is 1.41. The Morgan fingerprint density at radius 1 is 1.27 bits per heavy atom. The molecule has 0 spiro atoms. The van der Waals surface area contributed by atoms with Crippen LogP contribution in [0.5, 0.6) is 5.75 Å². The van der Waals surface area contributed by atoms with Crippen LogP contribution in [0.25, 0.3) is 0 Å². The average Bonchev–Trinajstić information content (AvgIpc) is 2.69.